The molecule has 0 aliphatic heterocycles. The molecule has 0 aliphatic rings. The molecule has 0 amide bonds. The SMILES string of the molecule is CC(C)(C)c1ccccc1[SiH](O)c1ccccc1. The Balaban J connectivity index is 2.46. The van der Waals surface area contributed by atoms with Crippen LogP contribution in [0.25, 0.3) is 0 Å². The van der Waals surface area contributed by atoms with E-state index in [1.54, 1.807) is 0 Å². The fourth-order valence-corrected chi connectivity index (χ4v) is 4.30. The topological polar surface area (TPSA) is 20.2 Å². The van der Waals surface area contributed by atoms with Crippen LogP contribution in [0, 0.1) is 0 Å². The van der Waals surface area contributed by atoms with Crippen molar-refractivity contribution in [2.45, 2.75) is 26.2 Å². The number of hydrogen-bond acceptors (Lipinski definition) is 1. The van der Waals surface area contributed by atoms with Crippen LogP contribution in [0.3, 0.4) is 0 Å². The Morgan fingerprint density at radius 2 is 1.39 bits per heavy atom. The van der Waals surface area contributed by atoms with Crippen molar-refractivity contribution in [1.29, 1.82) is 0 Å². The van der Waals surface area contributed by atoms with Crippen molar-refractivity contribution < 1.29 is 4.80 Å². The van der Waals surface area contributed by atoms with Gasteiger partial charge in [-0.1, -0.05) is 75.4 Å². The van der Waals surface area contributed by atoms with Gasteiger partial charge < -0.3 is 4.80 Å². The summed E-state index contributed by atoms with van der Waals surface area (Å²) >= 11 is 0. The average Bonchev–Trinajstić information content (AvgIpc) is 2.38. The lowest BCUT2D eigenvalue weighted by atomic mass is 9.87. The summed E-state index contributed by atoms with van der Waals surface area (Å²) in [5.74, 6) is 0. The highest BCUT2D eigenvalue weighted by Gasteiger charge is 2.23. The van der Waals surface area contributed by atoms with Crippen molar-refractivity contribution >= 4 is 19.4 Å². The van der Waals surface area contributed by atoms with E-state index in [0.717, 1.165) is 10.4 Å². The van der Waals surface area contributed by atoms with Crippen LogP contribution in [0.4, 0.5) is 0 Å². The van der Waals surface area contributed by atoms with E-state index >= 15 is 0 Å². The van der Waals surface area contributed by atoms with E-state index in [1.807, 2.05) is 36.4 Å². The molecular formula is C16H20OSi. The van der Waals surface area contributed by atoms with Gasteiger partial charge in [-0.05, 0) is 21.4 Å². The third-order valence-electron chi connectivity index (χ3n) is 3.18. The number of hydrogen-bond donors (Lipinski definition) is 1. The molecule has 0 aliphatic carbocycles. The predicted octanol–water partition coefficient (Wildman–Crippen LogP) is 1.81. The van der Waals surface area contributed by atoms with Gasteiger partial charge >= 0.3 is 0 Å². The molecule has 0 saturated heterocycles. The smallest absolute Gasteiger partial charge is 0.236 e. The highest BCUT2D eigenvalue weighted by molar-refractivity contribution is 6.79. The summed E-state index contributed by atoms with van der Waals surface area (Å²) in [6, 6.07) is 18.3. The van der Waals surface area contributed by atoms with Crippen molar-refractivity contribution in [2.75, 3.05) is 0 Å². The van der Waals surface area contributed by atoms with Gasteiger partial charge in [0.15, 0.2) is 0 Å². The van der Waals surface area contributed by atoms with E-state index in [2.05, 4.69) is 39.0 Å². The molecule has 0 saturated carbocycles. The van der Waals surface area contributed by atoms with Crippen LogP contribution in [0.5, 0.6) is 0 Å². The van der Waals surface area contributed by atoms with Gasteiger partial charge in [0.2, 0.25) is 9.04 Å². The minimum absolute atomic E-state index is 0.0688. The maximum atomic E-state index is 10.7. The summed E-state index contributed by atoms with van der Waals surface area (Å²) in [5.41, 5.74) is 1.33. The molecule has 0 spiro atoms. The molecule has 2 aromatic carbocycles. The molecule has 2 rings (SSSR count). The summed E-state index contributed by atoms with van der Waals surface area (Å²) < 4.78 is 0. The van der Waals surface area contributed by atoms with Crippen LogP contribution >= 0.6 is 0 Å². The largest absolute Gasteiger partial charge is 0.426 e. The fourth-order valence-electron chi connectivity index (χ4n) is 2.23. The van der Waals surface area contributed by atoms with Crippen LogP contribution in [0.2, 0.25) is 0 Å². The van der Waals surface area contributed by atoms with Gasteiger partial charge in [-0.3, -0.25) is 0 Å². The molecule has 1 N–H and O–H groups in total. The minimum Gasteiger partial charge on any atom is -0.426 e. The molecule has 0 radical (unpaired) electrons. The lowest BCUT2D eigenvalue weighted by Gasteiger charge is -2.24. The van der Waals surface area contributed by atoms with Crippen LogP contribution in [-0.4, -0.2) is 13.8 Å². The first kappa shape index (κ1) is 13.1. The van der Waals surface area contributed by atoms with Crippen LogP contribution < -0.4 is 10.4 Å². The summed E-state index contributed by atoms with van der Waals surface area (Å²) in [6.07, 6.45) is 0. The van der Waals surface area contributed by atoms with Gasteiger partial charge in [-0.2, -0.15) is 0 Å². The zero-order valence-electron chi connectivity index (χ0n) is 11.2. The second-order valence-corrected chi connectivity index (χ2v) is 7.74. The summed E-state index contributed by atoms with van der Waals surface area (Å²) in [4.78, 5) is 10.7. The molecule has 94 valence electrons. The van der Waals surface area contributed by atoms with Crippen molar-refractivity contribution in [1.82, 2.24) is 0 Å². The lowest BCUT2D eigenvalue weighted by Crippen LogP contribution is -2.45. The van der Waals surface area contributed by atoms with Crippen LogP contribution in [0.1, 0.15) is 26.3 Å². The van der Waals surface area contributed by atoms with E-state index in [-0.39, 0.29) is 5.41 Å². The molecule has 1 nitrogen and oxygen atoms in total. The third kappa shape index (κ3) is 2.71. The monoisotopic (exact) mass is 256 g/mol. The Morgan fingerprint density at radius 1 is 0.833 bits per heavy atom. The van der Waals surface area contributed by atoms with Gasteiger partial charge in [-0.25, -0.2) is 0 Å². The molecule has 2 heteroatoms. The molecule has 2 aromatic rings. The lowest BCUT2D eigenvalue weighted by molar-refractivity contribution is 0.580. The molecular weight excluding hydrogens is 236 g/mol. The zero-order valence-corrected chi connectivity index (χ0v) is 12.4. The normalized spacial score (nSPS) is 13.3. The van der Waals surface area contributed by atoms with Crippen molar-refractivity contribution in [3.8, 4) is 0 Å². The molecule has 1 unspecified atom stereocenters. The molecule has 1 atom stereocenters. The van der Waals surface area contributed by atoms with Gasteiger partial charge in [0, 0.05) is 0 Å². The van der Waals surface area contributed by atoms with Crippen molar-refractivity contribution in [3.63, 3.8) is 0 Å². The van der Waals surface area contributed by atoms with E-state index in [4.69, 9.17) is 0 Å². The van der Waals surface area contributed by atoms with E-state index in [1.165, 1.54) is 5.56 Å². The fraction of sp³-hybridized carbons (Fsp3) is 0.250. The van der Waals surface area contributed by atoms with E-state index < -0.39 is 9.04 Å². The molecule has 18 heavy (non-hydrogen) atoms. The van der Waals surface area contributed by atoms with Gasteiger partial charge in [0.25, 0.3) is 0 Å². The van der Waals surface area contributed by atoms with Crippen LogP contribution in [0.15, 0.2) is 54.6 Å². The summed E-state index contributed by atoms with van der Waals surface area (Å²) in [5, 5.41) is 2.21. The predicted molar refractivity (Wildman–Crippen MR) is 80.2 cm³/mol. The Bertz CT molecular complexity index is 514. The standard InChI is InChI=1S/C16H20OSi/c1-16(2,3)14-11-7-8-12-15(14)18(17)13-9-5-4-6-10-13/h4-12,17-18H,1-3H3. The maximum Gasteiger partial charge on any atom is 0.236 e. The molecule has 0 fully saturated rings. The molecule has 0 heterocycles. The van der Waals surface area contributed by atoms with Gasteiger partial charge in [0.1, 0.15) is 0 Å². The van der Waals surface area contributed by atoms with Gasteiger partial charge in [-0.15, -0.1) is 0 Å². The second-order valence-electron chi connectivity index (χ2n) is 5.65. The number of rotatable bonds is 2. The highest BCUT2D eigenvalue weighted by atomic mass is 28.3. The molecule has 0 bridgehead atoms. The van der Waals surface area contributed by atoms with E-state index in [0.29, 0.717) is 0 Å². The molecule has 0 aromatic heterocycles. The maximum absolute atomic E-state index is 10.7. The van der Waals surface area contributed by atoms with Crippen LogP contribution in [-0.2, 0) is 5.41 Å². The summed E-state index contributed by atoms with van der Waals surface area (Å²) in [7, 11) is -2.06. The second kappa shape index (κ2) is 5.08. The average molecular weight is 256 g/mol. The minimum atomic E-state index is -2.06. The Morgan fingerprint density at radius 3 is 2.00 bits per heavy atom. The first-order valence-corrected chi connectivity index (χ1v) is 7.99. The van der Waals surface area contributed by atoms with Crippen molar-refractivity contribution in [2.24, 2.45) is 0 Å². The van der Waals surface area contributed by atoms with Gasteiger partial charge in [0.05, 0.1) is 0 Å². The van der Waals surface area contributed by atoms with E-state index in [9.17, 15) is 4.80 Å². The Kier molecular flexibility index (Phi) is 3.69. The Labute approximate surface area is 111 Å². The Hall–Kier alpha value is -1.38. The van der Waals surface area contributed by atoms with Crippen molar-refractivity contribution in [3.05, 3.63) is 60.2 Å². The number of benzene rings is 2. The first-order chi connectivity index (χ1) is 8.50. The highest BCUT2D eigenvalue weighted by Crippen LogP contribution is 2.20. The zero-order chi connectivity index (χ0) is 13.2. The third-order valence-corrected chi connectivity index (χ3v) is 5.29. The summed E-state index contributed by atoms with van der Waals surface area (Å²) in [6.45, 7) is 6.58. The first-order valence-electron chi connectivity index (χ1n) is 6.32. The quantitative estimate of drug-likeness (QED) is 0.813.